The fourth-order valence-electron chi connectivity index (χ4n) is 2.55. The zero-order chi connectivity index (χ0) is 16.3. The van der Waals surface area contributed by atoms with Crippen molar-refractivity contribution in [3.8, 4) is 5.88 Å². The maximum atomic E-state index is 12.5. The second-order valence-corrected chi connectivity index (χ2v) is 7.15. The molecule has 0 bridgehead atoms. The van der Waals surface area contributed by atoms with E-state index in [1.807, 2.05) is 18.2 Å². The van der Waals surface area contributed by atoms with Crippen molar-refractivity contribution < 1.29 is 13.2 Å². The molecule has 0 unspecified atom stereocenters. The van der Waals surface area contributed by atoms with E-state index in [1.165, 1.54) is 22.4 Å². The Hall–Kier alpha value is -2.18. The minimum atomic E-state index is -3.45. The van der Waals surface area contributed by atoms with Gasteiger partial charge in [-0.15, -0.1) is 0 Å². The van der Waals surface area contributed by atoms with Gasteiger partial charge in [-0.25, -0.2) is 13.4 Å². The summed E-state index contributed by atoms with van der Waals surface area (Å²) in [6, 6.07) is 11.4. The molecule has 1 aliphatic rings. The third-order valence-corrected chi connectivity index (χ3v) is 5.37. The fourth-order valence-corrected chi connectivity index (χ4v) is 3.71. The van der Waals surface area contributed by atoms with Gasteiger partial charge in [0.05, 0.1) is 7.11 Å². The Balaban J connectivity index is 1.75. The molecule has 2 heterocycles. The van der Waals surface area contributed by atoms with Gasteiger partial charge in [0.15, 0.2) is 0 Å². The van der Waals surface area contributed by atoms with Crippen LogP contribution in [0, 0.1) is 0 Å². The van der Waals surface area contributed by atoms with E-state index < -0.39 is 10.0 Å². The molecular weight excluding hydrogens is 312 g/mol. The summed E-state index contributed by atoms with van der Waals surface area (Å²) in [6.45, 7) is 0.925. The number of hydrogen-bond donors (Lipinski definition) is 0. The standard InChI is InChI=1S/C17H18N2O3S/c1-22-17-7-6-14(12-18-17)9-11-23(20,21)19-10-8-15-4-2-3-5-16(15)13-19/h2-7,9,11-12H,8,10,13H2,1H3. The van der Waals surface area contributed by atoms with E-state index in [0.29, 0.717) is 24.5 Å². The molecule has 1 aliphatic heterocycles. The normalized spacial score (nSPS) is 15.5. The zero-order valence-corrected chi connectivity index (χ0v) is 13.7. The number of nitrogens with zero attached hydrogens (tertiary/aromatic N) is 2. The lowest BCUT2D eigenvalue weighted by atomic mass is 10.0. The van der Waals surface area contributed by atoms with Gasteiger partial charge in [0, 0.05) is 30.8 Å². The van der Waals surface area contributed by atoms with E-state index in [-0.39, 0.29) is 0 Å². The van der Waals surface area contributed by atoms with Crippen molar-refractivity contribution >= 4 is 16.1 Å². The molecule has 0 radical (unpaired) electrons. The summed E-state index contributed by atoms with van der Waals surface area (Å²) >= 11 is 0. The molecule has 0 atom stereocenters. The van der Waals surface area contributed by atoms with E-state index in [2.05, 4.69) is 11.1 Å². The molecule has 0 fully saturated rings. The Bertz CT molecular complexity index is 814. The van der Waals surface area contributed by atoms with E-state index in [1.54, 1.807) is 24.4 Å². The molecule has 1 aromatic heterocycles. The largest absolute Gasteiger partial charge is 0.481 e. The Morgan fingerprint density at radius 2 is 1.96 bits per heavy atom. The van der Waals surface area contributed by atoms with Crippen molar-refractivity contribution in [2.75, 3.05) is 13.7 Å². The highest BCUT2D eigenvalue weighted by Crippen LogP contribution is 2.22. The number of sulfonamides is 1. The van der Waals surface area contributed by atoms with E-state index in [4.69, 9.17) is 4.74 Å². The van der Waals surface area contributed by atoms with Gasteiger partial charge >= 0.3 is 0 Å². The van der Waals surface area contributed by atoms with Crippen LogP contribution in [-0.2, 0) is 23.0 Å². The molecule has 6 heteroatoms. The van der Waals surface area contributed by atoms with Crippen LogP contribution >= 0.6 is 0 Å². The third kappa shape index (κ3) is 3.60. The van der Waals surface area contributed by atoms with Gasteiger partial charge in [-0.05, 0) is 35.3 Å². The zero-order valence-electron chi connectivity index (χ0n) is 12.8. The molecule has 0 aliphatic carbocycles. The first-order valence-corrected chi connectivity index (χ1v) is 8.84. The minimum absolute atomic E-state index is 0.420. The molecule has 23 heavy (non-hydrogen) atoms. The highest BCUT2D eigenvalue weighted by atomic mass is 32.2. The second-order valence-electron chi connectivity index (χ2n) is 5.33. The lowest BCUT2D eigenvalue weighted by Crippen LogP contribution is -2.34. The van der Waals surface area contributed by atoms with E-state index >= 15 is 0 Å². The molecular formula is C17H18N2O3S. The predicted octanol–water partition coefficient (Wildman–Crippen LogP) is 2.45. The molecule has 3 rings (SSSR count). The Kier molecular flexibility index (Phi) is 4.45. The van der Waals surface area contributed by atoms with E-state index in [0.717, 1.165) is 12.0 Å². The average Bonchev–Trinajstić information content (AvgIpc) is 2.60. The van der Waals surface area contributed by atoms with Crippen molar-refractivity contribution in [2.45, 2.75) is 13.0 Å². The Morgan fingerprint density at radius 3 is 2.65 bits per heavy atom. The molecule has 2 aromatic rings. The quantitative estimate of drug-likeness (QED) is 0.864. The molecule has 0 N–H and O–H groups in total. The van der Waals surface area contributed by atoms with E-state index in [9.17, 15) is 8.42 Å². The van der Waals surface area contributed by atoms with Crippen molar-refractivity contribution in [2.24, 2.45) is 0 Å². The number of aromatic nitrogens is 1. The molecule has 0 amide bonds. The molecule has 1 aromatic carbocycles. The summed E-state index contributed by atoms with van der Waals surface area (Å²) < 4.78 is 31.5. The first-order chi connectivity index (χ1) is 11.1. The monoisotopic (exact) mass is 330 g/mol. The maximum Gasteiger partial charge on any atom is 0.236 e. The van der Waals surface area contributed by atoms with Crippen molar-refractivity contribution in [1.29, 1.82) is 0 Å². The lowest BCUT2D eigenvalue weighted by Gasteiger charge is -2.26. The fraction of sp³-hybridized carbons (Fsp3) is 0.235. The van der Waals surface area contributed by atoms with Crippen LogP contribution in [-0.4, -0.2) is 31.4 Å². The lowest BCUT2D eigenvalue weighted by molar-refractivity contribution is 0.397. The first-order valence-electron chi connectivity index (χ1n) is 7.33. The smallest absolute Gasteiger partial charge is 0.236 e. The Labute approximate surface area is 136 Å². The summed E-state index contributed by atoms with van der Waals surface area (Å²) in [5, 5.41) is 1.24. The molecule has 0 saturated carbocycles. The van der Waals surface area contributed by atoms with Crippen LogP contribution in [0.1, 0.15) is 16.7 Å². The van der Waals surface area contributed by atoms with Crippen LogP contribution in [0.3, 0.4) is 0 Å². The Morgan fingerprint density at radius 1 is 1.17 bits per heavy atom. The van der Waals surface area contributed by atoms with Crippen molar-refractivity contribution in [3.05, 3.63) is 64.7 Å². The number of ether oxygens (including phenoxy) is 1. The summed E-state index contributed by atoms with van der Waals surface area (Å²) in [5.41, 5.74) is 3.01. The average molecular weight is 330 g/mol. The summed E-state index contributed by atoms with van der Waals surface area (Å²) in [5.74, 6) is 0.498. The maximum absolute atomic E-state index is 12.5. The number of methoxy groups -OCH3 is 1. The number of pyridine rings is 1. The SMILES string of the molecule is COc1ccc(C=CS(=O)(=O)N2CCc3ccccc3C2)cn1. The summed E-state index contributed by atoms with van der Waals surface area (Å²) in [6.07, 6.45) is 3.88. The van der Waals surface area contributed by atoms with Gasteiger partial charge in [0.2, 0.25) is 15.9 Å². The predicted molar refractivity (Wildman–Crippen MR) is 89.3 cm³/mol. The van der Waals surface area contributed by atoms with Gasteiger partial charge in [-0.1, -0.05) is 24.3 Å². The van der Waals surface area contributed by atoms with Crippen molar-refractivity contribution in [3.63, 3.8) is 0 Å². The second kappa shape index (κ2) is 6.52. The minimum Gasteiger partial charge on any atom is -0.481 e. The van der Waals surface area contributed by atoms with Crippen LogP contribution in [0.5, 0.6) is 5.88 Å². The van der Waals surface area contributed by atoms with Crippen LogP contribution < -0.4 is 4.74 Å². The van der Waals surface area contributed by atoms with Crippen LogP contribution in [0.15, 0.2) is 48.0 Å². The van der Waals surface area contributed by atoms with Gasteiger partial charge in [-0.3, -0.25) is 0 Å². The topological polar surface area (TPSA) is 59.5 Å². The number of benzene rings is 1. The highest BCUT2D eigenvalue weighted by Gasteiger charge is 2.24. The van der Waals surface area contributed by atoms with Crippen LogP contribution in [0.2, 0.25) is 0 Å². The van der Waals surface area contributed by atoms with Crippen LogP contribution in [0.25, 0.3) is 6.08 Å². The van der Waals surface area contributed by atoms with Gasteiger partial charge < -0.3 is 4.74 Å². The number of fused-ring (bicyclic) bond motifs is 1. The molecule has 5 nitrogen and oxygen atoms in total. The molecule has 0 saturated heterocycles. The summed E-state index contributed by atoms with van der Waals surface area (Å²) in [4.78, 5) is 4.06. The molecule has 120 valence electrons. The number of rotatable bonds is 4. The molecule has 0 spiro atoms. The highest BCUT2D eigenvalue weighted by molar-refractivity contribution is 7.92. The van der Waals surface area contributed by atoms with Gasteiger partial charge in [0.1, 0.15) is 0 Å². The van der Waals surface area contributed by atoms with Crippen molar-refractivity contribution in [1.82, 2.24) is 9.29 Å². The first kappa shape index (κ1) is 15.7. The van der Waals surface area contributed by atoms with Gasteiger partial charge in [-0.2, -0.15) is 4.31 Å². The van der Waals surface area contributed by atoms with Crippen LogP contribution in [0.4, 0.5) is 0 Å². The summed E-state index contributed by atoms with van der Waals surface area (Å²) in [7, 11) is -1.91. The number of hydrogen-bond acceptors (Lipinski definition) is 4. The van der Waals surface area contributed by atoms with Gasteiger partial charge in [0.25, 0.3) is 0 Å². The third-order valence-electron chi connectivity index (χ3n) is 3.86.